The average Bonchev–Trinajstić information content (AvgIpc) is 3.62. The Bertz CT molecular complexity index is 891. The van der Waals surface area contributed by atoms with Crippen LogP contribution in [0.3, 0.4) is 0 Å². The molecule has 1 aliphatic carbocycles. The molecule has 7 nitrogen and oxygen atoms in total. The molecule has 3 rings (SSSR count). The number of oxime groups is 1. The number of ether oxygens (including phenoxy) is 3. The molecule has 2 aromatic rings. The lowest BCUT2D eigenvalue weighted by atomic mass is 10.0. The highest BCUT2D eigenvalue weighted by Crippen LogP contribution is 2.30. The van der Waals surface area contributed by atoms with Crippen LogP contribution in [0.1, 0.15) is 29.7 Å². The molecule has 0 saturated heterocycles. The standard InChI is InChI=1S/C23H26N2O5/c1-27-16-21(23(26)28-2)19-8-3-4-9-20(19)22(29-15-17-10-11-17)25-30-14-12-18-7-5-6-13-24-18/h3-9,13,16-17H,10-12,14-15H2,1-2H3/b21-16+,25-22+. The van der Waals surface area contributed by atoms with Gasteiger partial charge in [0, 0.05) is 29.4 Å². The molecule has 0 bridgehead atoms. The van der Waals surface area contributed by atoms with Crippen LogP contribution in [-0.4, -0.2) is 44.3 Å². The van der Waals surface area contributed by atoms with E-state index in [2.05, 4.69) is 10.1 Å². The normalized spacial score (nSPS) is 14.2. The van der Waals surface area contributed by atoms with E-state index in [0.717, 1.165) is 18.5 Å². The summed E-state index contributed by atoms with van der Waals surface area (Å²) in [4.78, 5) is 22.1. The van der Waals surface area contributed by atoms with E-state index in [-0.39, 0.29) is 5.57 Å². The third-order valence-electron chi connectivity index (χ3n) is 4.56. The van der Waals surface area contributed by atoms with Crippen LogP contribution in [0.25, 0.3) is 5.57 Å². The Morgan fingerprint density at radius 1 is 1.13 bits per heavy atom. The van der Waals surface area contributed by atoms with Gasteiger partial charge in [-0.25, -0.2) is 4.79 Å². The van der Waals surface area contributed by atoms with Gasteiger partial charge in [0.1, 0.15) is 12.2 Å². The zero-order chi connectivity index (χ0) is 21.2. The molecule has 0 radical (unpaired) electrons. The van der Waals surface area contributed by atoms with Gasteiger partial charge in [-0.1, -0.05) is 24.3 Å². The van der Waals surface area contributed by atoms with E-state index in [1.807, 2.05) is 36.4 Å². The number of esters is 1. The number of benzene rings is 1. The second-order valence-electron chi connectivity index (χ2n) is 6.86. The summed E-state index contributed by atoms with van der Waals surface area (Å²) >= 11 is 0. The first-order valence-corrected chi connectivity index (χ1v) is 9.86. The number of rotatable bonds is 10. The van der Waals surface area contributed by atoms with Crippen LogP contribution in [0.15, 0.2) is 60.1 Å². The summed E-state index contributed by atoms with van der Waals surface area (Å²) < 4.78 is 16.0. The van der Waals surface area contributed by atoms with Gasteiger partial charge >= 0.3 is 5.97 Å². The van der Waals surface area contributed by atoms with Crippen molar-refractivity contribution < 1.29 is 23.8 Å². The van der Waals surface area contributed by atoms with Gasteiger partial charge in [0.05, 0.1) is 27.1 Å². The van der Waals surface area contributed by atoms with Crippen LogP contribution in [0.5, 0.6) is 0 Å². The van der Waals surface area contributed by atoms with Crippen LogP contribution < -0.4 is 0 Å². The first-order chi connectivity index (χ1) is 14.7. The van der Waals surface area contributed by atoms with E-state index >= 15 is 0 Å². The second kappa shape index (κ2) is 11.0. The molecule has 0 unspecified atom stereocenters. The fourth-order valence-electron chi connectivity index (χ4n) is 2.79. The SMILES string of the molecule is CO/C=C(/C(=O)OC)c1ccccc1/C(=N\OCCc1ccccn1)OCC1CC1. The fraction of sp³-hybridized carbons (Fsp3) is 0.348. The Kier molecular flexibility index (Phi) is 7.83. The van der Waals surface area contributed by atoms with Crippen LogP contribution in [0.2, 0.25) is 0 Å². The second-order valence-corrected chi connectivity index (χ2v) is 6.86. The number of hydrogen-bond donors (Lipinski definition) is 0. The third-order valence-corrected chi connectivity index (χ3v) is 4.56. The zero-order valence-corrected chi connectivity index (χ0v) is 17.2. The van der Waals surface area contributed by atoms with E-state index in [9.17, 15) is 4.79 Å². The highest BCUT2D eigenvalue weighted by molar-refractivity contribution is 6.19. The van der Waals surface area contributed by atoms with Gasteiger partial charge < -0.3 is 19.0 Å². The van der Waals surface area contributed by atoms with Crippen LogP contribution in [0.4, 0.5) is 0 Å². The average molecular weight is 410 g/mol. The molecule has 7 heteroatoms. The van der Waals surface area contributed by atoms with Crippen molar-refractivity contribution in [3.05, 3.63) is 71.7 Å². The quantitative estimate of drug-likeness (QED) is 0.113. The molecule has 1 fully saturated rings. The van der Waals surface area contributed by atoms with E-state index in [1.54, 1.807) is 12.3 Å². The number of nitrogens with zero attached hydrogens (tertiary/aromatic N) is 2. The van der Waals surface area contributed by atoms with E-state index in [4.69, 9.17) is 19.0 Å². The minimum Gasteiger partial charge on any atom is -0.503 e. The Morgan fingerprint density at radius 2 is 1.90 bits per heavy atom. The summed E-state index contributed by atoms with van der Waals surface area (Å²) in [6.07, 6.45) is 6.01. The van der Waals surface area contributed by atoms with Crippen LogP contribution in [0, 0.1) is 5.92 Å². The molecule has 0 amide bonds. The minimum atomic E-state index is -0.512. The maximum atomic E-state index is 12.3. The molecule has 1 aromatic heterocycles. The largest absolute Gasteiger partial charge is 0.503 e. The third kappa shape index (κ3) is 6.07. The van der Waals surface area contributed by atoms with Gasteiger partial charge in [-0.15, -0.1) is 0 Å². The van der Waals surface area contributed by atoms with Gasteiger partial charge in [0.2, 0.25) is 0 Å². The summed E-state index contributed by atoms with van der Waals surface area (Å²) in [5.41, 5.74) is 2.41. The highest BCUT2D eigenvalue weighted by atomic mass is 16.6. The van der Waals surface area contributed by atoms with Crippen LogP contribution in [-0.2, 0) is 30.3 Å². The van der Waals surface area contributed by atoms with Crippen molar-refractivity contribution in [2.45, 2.75) is 19.3 Å². The van der Waals surface area contributed by atoms with Crippen molar-refractivity contribution >= 4 is 17.4 Å². The molecule has 158 valence electrons. The van der Waals surface area contributed by atoms with Gasteiger partial charge in [-0.05, 0) is 42.1 Å². The Hall–Kier alpha value is -3.35. The monoisotopic (exact) mass is 410 g/mol. The lowest BCUT2D eigenvalue weighted by Gasteiger charge is -2.14. The predicted octanol–water partition coefficient (Wildman–Crippen LogP) is 3.59. The number of pyridine rings is 1. The maximum absolute atomic E-state index is 12.3. The first-order valence-electron chi connectivity index (χ1n) is 9.86. The molecular formula is C23H26N2O5. The smallest absolute Gasteiger partial charge is 0.341 e. The molecule has 0 N–H and O–H groups in total. The van der Waals surface area contributed by atoms with Crippen molar-refractivity contribution in [3.8, 4) is 0 Å². The summed E-state index contributed by atoms with van der Waals surface area (Å²) in [6.45, 7) is 0.908. The number of carbonyl (C=O) groups is 1. The van der Waals surface area contributed by atoms with Crippen molar-refractivity contribution in [2.75, 3.05) is 27.4 Å². The minimum absolute atomic E-state index is 0.270. The maximum Gasteiger partial charge on any atom is 0.341 e. The molecule has 1 aliphatic rings. The number of methoxy groups -OCH3 is 2. The summed E-state index contributed by atoms with van der Waals surface area (Å²) in [5, 5.41) is 4.24. The number of aromatic nitrogens is 1. The molecule has 0 spiro atoms. The van der Waals surface area contributed by atoms with Crippen molar-refractivity contribution in [1.29, 1.82) is 0 Å². The van der Waals surface area contributed by atoms with Crippen molar-refractivity contribution in [1.82, 2.24) is 4.98 Å². The molecule has 1 aromatic carbocycles. The van der Waals surface area contributed by atoms with E-state index in [0.29, 0.717) is 42.6 Å². The van der Waals surface area contributed by atoms with Gasteiger partial charge in [-0.3, -0.25) is 4.98 Å². The Balaban J connectivity index is 1.82. The van der Waals surface area contributed by atoms with E-state index in [1.165, 1.54) is 20.5 Å². The molecule has 1 heterocycles. The highest BCUT2D eigenvalue weighted by Gasteiger charge is 2.25. The molecule has 0 atom stereocenters. The lowest BCUT2D eigenvalue weighted by Crippen LogP contribution is -2.15. The van der Waals surface area contributed by atoms with Crippen molar-refractivity contribution in [3.63, 3.8) is 0 Å². The van der Waals surface area contributed by atoms with Gasteiger partial charge in [-0.2, -0.15) is 0 Å². The topological polar surface area (TPSA) is 79.2 Å². The fourth-order valence-corrected chi connectivity index (χ4v) is 2.79. The lowest BCUT2D eigenvalue weighted by molar-refractivity contribution is -0.133. The van der Waals surface area contributed by atoms with Gasteiger partial charge in [0.15, 0.2) is 0 Å². The number of hydrogen-bond acceptors (Lipinski definition) is 7. The Morgan fingerprint density at radius 3 is 2.57 bits per heavy atom. The van der Waals surface area contributed by atoms with E-state index < -0.39 is 5.97 Å². The van der Waals surface area contributed by atoms with Crippen molar-refractivity contribution in [2.24, 2.45) is 11.1 Å². The summed E-state index contributed by atoms with van der Waals surface area (Å²) in [7, 11) is 2.80. The first kappa shape index (κ1) is 21.4. The number of carbonyl (C=O) groups excluding carboxylic acids is 1. The molecule has 0 aliphatic heterocycles. The zero-order valence-electron chi connectivity index (χ0n) is 17.2. The Labute approximate surface area is 176 Å². The molecule has 30 heavy (non-hydrogen) atoms. The van der Waals surface area contributed by atoms with Gasteiger partial charge in [0.25, 0.3) is 5.90 Å². The predicted molar refractivity (Wildman–Crippen MR) is 113 cm³/mol. The molecule has 1 saturated carbocycles. The molecular weight excluding hydrogens is 384 g/mol. The van der Waals surface area contributed by atoms with Crippen LogP contribution >= 0.6 is 0 Å². The summed E-state index contributed by atoms with van der Waals surface area (Å²) in [6, 6.07) is 13.0. The summed E-state index contributed by atoms with van der Waals surface area (Å²) in [5.74, 6) is 0.344.